The number of methoxy groups -OCH3 is 1. The molecule has 0 aliphatic carbocycles. The maximum absolute atomic E-state index is 14.4. The molecule has 30 heavy (non-hydrogen) atoms. The number of nitrogens with zero attached hydrogens (tertiary/aromatic N) is 1. The average molecular weight is 405 g/mol. The van der Waals surface area contributed by atoms with Crippen molar-refractivity contribution in [2.24, 2.45) is 0 Å². The van der Waals surface area contributed by atoms with Crippen LogP contribution in [0.3, 0.4) is 0 Å². The Balaban J connectivity index is 1.51. The first-order valence-electron chi connectivity index (χ1n) is 9.87. The summed E-state index contributed by atoms with van der Waals surface area (Å²) in [6.07, 6.45) is 2.42. The van der Waals surface area contributed by atoms with Gasteiger partial charge < -0.3 is 20.5 Å². The van der Waals surface area contributed by atoms with Crippen molar-refractivity contribution in [3.63, 3.8) is 0 Å². The van der Waals surface area contributed by atoms with E-state index in [0.717, 1.165) is 16.8 Å². The maximum Gasteiger partial charge on any atom is 0.134 e. The zero-order valence-corrected chi connectivity index (χ0v) is 16.7. The van der Waals surface area contributed by atoms with Crippen LogP contribution >= 0.6 is 0 Å². The second kappa shape index (κ2) is 8.97. The Bertz CT molecular complexity index is 1040. The molecule has 2 heterocycles. The van der Waals surface area contributed by atoms with Gasteiger partial charge >= 0.3 is 0 Å². The van der Waals surface area contributed by atoms with E-state index in [1.807, 2.05) is 54.7 Å². The minimum absolute atomic E-state index is 0.0453. The summed E-state index contributed by atoms with van der Waals surface area (Å²) in [6, 6.07) is 20.0. The smallest absolute Gasteiger partial charge is 0.134 e. The molecule has 0 spiro atoms. The number of halogens is 1. The summed E-state index contributed by atoms with van der Waals surface area (Å²) < 4.78 is 19.8. The van der Waals surface area contributed by atoms with Crippen molar-refractivity contribution in [1.82, 2.24) is 10.3 Å². The highest BCUT2D eigenvalue weighted by Crippen LogP contribution is 2.37. The van der Waals surface area contributed by atoms with Crippen LogP contribution in [-0.4, -0.2) is 23.8 Å². The van der Waals surface area contributed by atoms with Gasteiger partial charge in [-0.15, -0.1) is 0 Å². The molecule has 1 aliphatic heterocycles. The number of pyridine rings is 1. The van der Waals surface area contributed by atoms with E-state index in [0.29, 0.717) is 23.6 Å². The minimum Gasteiger partial charge on any atom is -0.496 e. The van der Waals surface area contributed by atoms with Crippen molar-refractivity contribution in [2.75, 3.05) is 19.0 Å². The van der Waals surface area contributed by atoms with Gasteiger partial charge in [-0.3, -0.25) is 0 Å². The predicted octanol–water partition coefficient (Wildman–Crippen LogP) is 4.45. The molecule has 3 aromatic rings. The summed E-state index contributed by atoms with van der Waals surface area (Å²) in [6.45, 7) is -0.0453. The number of nitrogens with one attached hydrogen (secondary N) is 2. The molecular formula is C24H24FN3O2. The Kier molecular flexibility index (Phi) is 5.95. The second-order valence-electron chi connectivity index (χ2n) is 7.15. The van der Waals surface area contributed by atoms with Crippen molar-refractivity contribution < 1.29 is 14.2 Å². The summed E-state index contributed by atoms with van der Waals surface area (Å²) in [4.78, 5) is 4.72. The molecule has 0 fully saturated rings. The maximum atomic E-state index is 14.4. The molecule has 1 aromatic heterocycles. The second-order valence-corrected chi connectivity index (χ2v) is 7.15. The molecule has 0 saturated heterocycles. The fraction of sp³-hybridized carbons (Fsp3) is 0.208. The molecule has 0 amide bonds. The number of benzene rings is 2. The van der Waals surface area contributed by atoms with Crippen molar-refractivity contribution in [3.05, 3.63) is 95.6 Å². The number of hydrogen-bond acceptors (Lipinski definition) is 5. The van der Waals surface area contributed by atoms with E-state index in [1.165, 1.54) is 6.07 Å². The molecule has 2 unspecified atom stereocenters. The fourth-order valence-corrected chi connectivity index (χ4v) is 3.71. The highest BCUT2D eigenvalue weighted by molar-refractivity contribution is 5.73. The highest BCUT2D eigenvalue weighted by atomic mass is 19.1. The number of ether oxygens (including phenoxy) is 1. The SMILES string of the molecule is COc1cccc(F)c1C1=CNC(c2cccc(NC(CO)c3ccccc3)n2)C1. The Labute approximate surface area is 175 Å². The zero-order valence-electron chi connectivity index (χ0n) is 16.7. The van der Waals surface area contributed by atoms with Crippen LogP contribution < -0.4 is 15.4 Å². The lowest BCUT2D eigenvalue weighted by Gasteiger charge is -2.19. The molecule has 0 radical (unpaired) electrons. The lowest BCUT2D eigenvalue weighted by molar-refractivity contribution is 0.276. The van der Waals surface area contributed by atoms with Gasteiger partial charge in [0.1, 0.15) is 17.4 Å². The van der Waals surface area contributed by atoms with Crippen LogP contribution in [0.5, 0.6) is 5.75 Å². The molecule has 6 heteroatoms. The summed E-state index contributed by atoms with van der Waals surface area (Å²) in [5, 5.41) is 16.4. The standard InChI is InChI=1S/C24H24FN3O2/c1-30-22-11-5-9-18(25)24(22)17-13-20(26-14-17)19-10-6-12-23(27-19)28-21(15-29)16-7-3-2-4-8-16/h2-12,14,20-21,26,29H,13,15H2,1H3,(H,27,28). The largest absolute Gasteiger partial charge is 0.496 e. The van der Waals surface area contributed by atoms with Gasteiger partial charge in [-0.05, 0) is 35.4 Å². The van der Waals surface area contributed by atoms with Crippen LogP contribution in [0.1, 0.15) is 35.3 Å². The number of aliphatic hydroxyl groups excluding tert-OH is 1. The van der Waals surface area contributed by atoms with Crippen LogP contribution in [0.25, 0.3) is 5.57 Å². The highest BCUT2D eigenvalue weighted by Gasteiger charge is 2.25. The van der Waals surface area contributed by atoms with E-state index in [9.17, 15) is 9.50 Å². The molecule has 0 saturated carbocycles. The summed E-state index contributed by atoms with van der Waals surface area (Å²) in [5.41, 5.74) is 3.15. The normalized spacial score (nSPS) is 16.5. The summed E-state index contributed by atoms with van der Waals surface area (Å²) >= 11 is 0. The predicted molar refractivity (Wildman–Crippen MR) is 116 cm³/mol. The third-order valence-electron chi connectivity index (χ3n) is 5.23. The van der Waals surface area contributed by atoms with E-state index in [2.05, 4.69) is 10.6 Å². The average Bonchev–Trinajstić information content (AvgIpc) is 3.28. The van der Waals surface area contributed by atoms with Gasteiger partial charge in [-0.2, -0.15) is 0 Å². The van der Waals surface area contributed by atoms with Crippen molar-refractivity contribution >= 4 is 11.4 Å². The van der Waals surface area contributed by atoms with E-state index < -0.39 is 0 Å². The quantitative estimate of drug-likeness (QED) is 0.542. The summed E-state index contributed by atoms with van der Waals surface area (Å²) in [7, 11) is 1.54. The van der Waals surface area contributed by atoms with E-state index in [-0.39, 0.29) is 24.5 Å². The van der Waals surface area contributed by atoms with Crippen molar-refractivity contribution in [3.8, 4) is 5.75 Å². The Hall–Kier alpha value is -3.38. The Morgan fingerprint density at radius 3 is 2.70 bits per heavy atom. The zero-order chi connectivity index (χ0) is 20.9. The third kappa shape index (κ3) is 4.14. The monoisotopic (exact) mass is 405 g/mol. The number of hydrogen-bond donors (Lipinski definition) is 3. The number of anilines is 1. The topological polar surface area (TPSA) is 66.4 Å². The lowest BCUT2D eigenvalue weighted by Crippen LogP contribution is -2.17. The Morgan fingerprint density at radius 1 is 1.13 bits per heavy atom. The van der Waals surface area contributed by atoms with Gasteiger partial charge in [0.15, 0.2) is 0 Å². The van der Waals surface area contributed by atoms with Crippen LogP contribution in [-0.2, 0) is 0 Å². The van der Waals surface area contributed by atoms with Gasteiger partial charge in [0.2, 0.25) is 0 Å². The summed E-state index contributed by atoms with van der Waals surface area (Å²) in [5.74, 6) is 0.884. The number of aromatic nitrogens is 1. The van der Waals surface area contributed by atoms with E-state index >= 15 is 0 Å². The fourth-order valence-electron chi connectivity index (χ4n) is 3.71. The van der Waals surface area contributed by atoms with E-state index in [4.69, 9.17) is 9.72 Å². The molecule has 4 rings (SSSR count). The van der Waals surface area contributed by atoms with Crippen LogP contribution in [0.4, 0.5) is 10.2 Å². The van der Waals surface area contributed by atoms with Crippen molar-refractivity contribution in [2.45, 2.75) is 18.5 Å². The van der Waals surface area contributed by atoms with Gasteiger partial charge in [0, 0.05) is 12.6 Å². The molecule has 3 N–H and O–H groups in total. The third-order valence-corrected chi connectivity index (χ3v) is 5.23. The number of aliphatic hydroxyl groups is 1. The first-order chi connectivity index (χ1) is 14.7. The van der Waals surface area contributed by atoms with Gasteiger partial charge in [0.25, 0.3) is 0 Å². The molecule has 0 bridgehead atoms. The van der Waals surface area contributed by atoms with Crippen LogP contribution in [0, 0.1) is 5.82 Å². The first kappa shape index (κ1) is 19.9. The molecular weight excluding hydrogens is 381 g/mol. The van der Waals surface area contributed by atoms with Crippen LogP contribution in [0.15, 0.2) is 72.9 Å². The first-order valence-corrected chi connectivity index (χ1v) is 9.87. The molecule has 2 aromatic carbocycles. The van der Waals surface area contributed by atoms with E-state index in [1.54, 1.807) is 19.2 Å². The molecule has 154 valence electrons. The van der Waals surface area contributed by atoms with Crippen molar-refractivity contribution in [1.29, 1.82) is 0 Å². The van der Waals surface area contributed by atoms with Gasteiger partial charge in [0.05, 0.1) is 37.1 Å². The van der Waals surface area contributed by atoms with Gasteiger partial charge in [-0.25, -0.2) is 9.37 Å². The van der Waals surface area contributed by atoms with Crippen LogP contribution in [0.2, 0.25) is 0 Å². The van der Waals surface area contributed by atoms with Gasteiger partial charge in [-0.1, -0.05) is 42.5 Å². The number of rotatable bonds is 7. The Morgan fingerprint density at radius 2 is 1.93 bits per heavy atom. The molecule has 1 aliphatic rings. The molecule has 5 nitrogen and oxygen atoms in total. The minimum atomic E-state index is -0.305. The lowest BCUT2D eigenvalue weighted by atomic mass is 9.99. The molecule has 2 atom stereocenters.